The molecule has 4 aromatic rings. The number of hydrogen-bond donors (Lipinski definition) is 2. The van der Waals surface area contributed by atoms with Crippen LogP contribution in [-0.4, -0.2) is 58.9 Å². The Labute approximate surface area is 254 Å². The highest BCUT2D eigenvalue weighted by molar-refractivity contribution is 9.10. The third-order valence-corrected chi connectivity index (χ3v) is 7.87. The van der Waals surface area contributed by atoms with Crippen molar-refractivity contribution < 1.29 is 14.6 Å². The van der Waals surface area contributed by atoms with Gasteiger partial charge in [0.2, 0.25) is 5.95 Å². The number of halogens is 1. The second-order valence-electron chi connectivity index (χ2n) is 9.87. The number of fused-ring (bicyclic) bond motifs is 1. The number of aromatic nitrogens is 2. The van der Waals surface area contributed by atoms with Crippen LogP contribution in [-0.2, 0) is 13.0 Å². The van der Waals surface area contributed by atoms with E-state index >= 15 is 0 Å². The summed E-state index contributed by atoms with van der Waals surface area (Å²) < 4.78 is 6.72. The zero-order valence-corrected chi connectivity index (χ0v) is 25.4. The van der Waals surface area contributed by atoms with Crippen LogP contribution >= 0.6 is 15.9 Å². The van der Waals surface area contributed by atoms with E-state index in [1.54, 1.807) is 16.0 Å². The molecule has 218 valence electrons. The van der Waals surface area contributed by atoms with E-state index in [1.807, 2.05) is 72.8 Å². The number of amides is 2. The summed E-state index contributed by atoms with van der Waals surface area (Å²) in [5, 5.41) is 12.8. The zero-order valence-electron chi connectivity index (χ0n) is 23.8. The molecular weight excluding hydrogens is 596 g/mol. The van der Waals surface area contributed by atoms with Gasteiger partial charge in [-0.1, -0.05) is 38.1 Å². The summed E-state index contributed by atoms with van der Waals surface area (Å²) >= 11 is 3.60. The number of rotatable bonds is 12. The summed E-state index contributed by atoms with van der Waals surface area (Å²) in [5.74, 6) is 1.69. The van der Waals surface area contributed by atoms with Gasteiger partial charge in [0.05, 0.1) is 17.9 Å². The molecule has 1 aliphatic heterocycles. The average Bonchev–Trinajstić information content (AvgIpc) is 3.01. The number of aliphatic hydroxyl groups excluding tert-OH is 1. The van der Waals surface area contributed by atoms with Crippen LogP contribution in [0.5, 0.6) is 5.75 Å². The highest BCUT2D eigenvalue weighted by Crippen LogP contribution is 2.38. The second kappa shape index (κ2) is 13.8. The number of nitrogens with zero attached hydrogens (tertiary/aromatic N) is 5. The molecule has 5 rings (SSSR count). The van der Waals surface area contributed by atoms with Gasteiger partial charge in [-0.15, -0.1) is 0 Å². The predicted octanol–water partition coefficient (Wildman–Crippen LogP) is 6.52. The maximum Gasteiger partial charge on any atom is 0.335 e. The lowest BCUT2D eigenvalue weighted by molar-refractivity contribution is 0.223. The largest absolute Gasteiger partial charge is 0.492 e. The molecule has 1 aliphatic rings. The molecule has 0 aliphatic carbocycles. The summed E-state index contributed by atoms with van der Waals surface area (Å²) in [6.45, 7) is 8.15. The van der Waals surface area contributed by atoms with Crippen LogP contribution in [0.4, 0.5) is 33.6 Å². The SMILES string of the molecule is CCN(CC)CCOc1ccc(Nc2ncc3c(n2)N(c2cccc(CCO)c2)C(=O)N(c2ccccc2Br)C3)cc1. The van der Waals surface area contributed by atoms with Crippen LogP contribution in [0.15, 0.2) is 83.5 Å². The van der Waals surface area contributed by atoms with Crippen LogP contribution in [0.25, 0.3) is 0 Å². The third-order valence-electron chi connectivity index (χ3n) is 7.20. The van der Waals surface area contributed by atoms with E-state index in [0.717, 1.165) is 52.4 Å². The minimum absolute atomic E-state index is 0.0209. The Morgan fingerprint density at radius 3 is 2.57 bits per heavy atom. The Morgan fingerprint density at radius 1 is 1.05 bits per heavy atom. The van der Waals surface area contributed by atoms with Crippen LogP contribution in [0.3, 0.4) is 0 Å². The molecule has 0 radical (unpaired) electrons. The minimum Gasteiger partial charge on any atom is -0.492 e. The van der Waals surface area contributed by atoms with Gasteiger partial charge in [-0.05, 0) is 89.5 Å². The summed E-state index contributed by atoms with van der Waals surface area (Å²) in [5.41, 5.74) is 3.96. The van der Waals surface area contributed by atoms with Crippen molar-refractivity contribution in [2.75, 3.05) is 48.0 Å². The molecule has 0 fully saturated rings. The smallest absolute Gasteiger partial charge is 0.335 e. The van der Waals surface area contributed by atoms with Gasteiger partial charge in [0.1, 0.15) is 12.4 Å². The number of likely N-dealkylation sites (N-methyl/N-ethyl adjacent to an activating group) is 1. The number of carbonyl (C=O) groups excluding carboxylic acids is 1. The lowest BCUT2D eigenvalue weighted by Gasteiger charge is -2.36. The molecule has 0 atom stereocenters. The molecule has 0 spiro atoms. The van der Waals surface area contributed by atoms with Crippen molar-refractivity contribution in [1.82, 2.24) is 14.9 Å². The van der Waals surface area contributed by atoms with E-state index in [-0.39, 0.29) is 12.6 Å². The highest BCUT2D eigenvalue weighted by Gasteiger charge is 2.35. The number of urea groups is 1. The fourth-order valence-corrected chi connectivity index (χ4v) is 5.38. The van der Waals surface area contributed by atoms with Crippen molar-refractivity contribution in [1.29, 1.82) is 0 Å². The molecule has 1 aromatic heterocycles. The van der Waals surface area contributed by atoms with Gasteiger partial charge in [-0.2, -0.15) is 4.98 Å². The van der Waals surface area contributed by atoms with Crippen molar-refractivity contribution in [3.63, 3.8) is 0 Å². The normalized spacial score (nSPS) is 12.9. The van der Waals surface area contributed by atoms with Gasteiger partial charge >= 0.3 is 6.03 Å². The van der Waals surface area contributed by atoms with E-state index in [1.165, 1.54) is 0 Å². The highest BCUT2D eigenvalue weighted by atomic mass is 79.9. The fraction of sp³-hybridized carbons (Fsp3) is 0.281. The monoisotopic (exact) mass is 630 g/mol. The molecule has 0 saturated carbocycles. The molecule has 0 bridgehead atoms. The Hall–Kier alpha value is -3.99. The van der Waals surface area contributed by atoms with E-state index < -0.39 is 0 Å². The van der Waals surface area contributed by atoms with Crippen LogP contribution < -0.4 is 19.9 Å². The molecule has 0 unspecified atom stereocenters. The Morgan fingerprint density at radius 2 is 1.83 bits per heavy atom. The first kappa shape index (κ1) is 29.5. The topological polar surface area (TPSA) is 94.1 Å². The van der Waals surface area contributed by atoms with E-state index in [2.05, 4.69) is 45.0 Å². The maximum absolute atomic E-state index is 14.1. The van der Waals surface area contributed by atoms with Gasteiger partial charge in [-0.3, -0.25) is 4.90 Å². The van der Waals surface area contributed by atoms with E-state index in [0.29, 0.717) is 37.0 Å². The number of ether oxygens (including phenoxy) is 1. The molecule has 2 N–H and O–H groups in total. The van der Waals surface area contributed by atoms with Crippen LogP contribution in [0.1, 0.15) is 25.0 Å². The molecule has 2 heterocycles. The van der Waals surface area contributed by atoms with Gasteiger partial charge < -0.3 is 20.1 Å². The summed E-state index contributed by atoms with van der Waals surface area (Å²) in [6, 6.07) is 22.7. The molecule has 10 heteroatoms. The number of nitrogens with one attached hydrogen (secondary N) is 1. The Bertz CT molecular complexity index is 1510. The van der Waals surface area contributed by atoms with Crippen molar-refractivity contribution in [2.45, 2.75) is 26.8 Å². The van der Waals surface area contributed by atoms with E-state index in [9.17, 15) is 9.90 Å². The summed E-state index contributed by atoms with van der Waals surface area (Å²) in [4.78, 5) is 29.1. The quantitative estimate of drug-likeness (QED) is 0.184. The molecule has 0 saturated heterocycles. The molecular formula is C32H35BrN6O3. The average molecular weight is 632 g/mol. The van der Waals surface area contributed by atoms with E-state index in [4.69, 9.17) is 9.72 Å². The molecule has 9 nitrogen and oxygen atoms in total. The standard InChI is InChI=1S/C32H35BrN6O3/c1-3-37(4-2)17-19-42-27-14-12-25(13-15-27)35-31-34-21-24-22-38(29-11-6-5-10-28(29)33)32(41)39(30(24)36-31)26-9-7-8-23(20-26)16-18-40/h5-15,20-21,40H,3-4,16-19,22H2,1-2H3,(H,34,35,36). The fourth-order valence-electron chi connectivity index (χ4n) is 4.88. The van der Waals surface area contributed by atoms with Crippen LogP contribution in [0, 0.1) is 0 Å². The lowest BCUT2D eigenvalue weighted by Crippen LogP contribution is -2.45. The second-order valence-corrected chi connectivity index (χ2v) is 10.7. The zero-order chi connectivity index (χ0) is 29.5. The Kier molecular flexibility index (Phi) is 9.68. The minimum atomic E-state index is -0.230. The van der Waals surface area contributed by atoms with Gasteiger partial charge in [-0.25, -0.2) is 14.7 Å². The summed E-state index contributed by atoms with van der Waals surface area (Å²) in [7, 11) is 0. The van der Waals surface area contributed by atoms with Gasteiger partial charge in [0.25, 0.3) is 0 Å². The first-order valence-electron chi connectivity index (χ1n) is 14.1. The molecule has 2 amide bonds. The summed E-state index contributed by atoms with van der Waals surface area (Å²) in [6.07, 6.45) is 2.25. The lowest BCUT2D eigenvalue weighted by atomic mass is 10.1. The number of aliphatic hydroxyl groups is 1. The van der Waals surface area contributed by atoms with Crippen molar-refractivity contribution in [2.24, 2.45) is 0 Å². The number of para-hydroxylation sites is 1. The van der Waals surface area contributed by atoms with Crippen molar-refractivity contribution >= 4 is 50.8 Å². The number of hydrogen-bond acceptors (Lipinski definition) is 7. The number of anilines is 5. The van der Waals surface area contributed by atoms with Crippen molar-refractivity contribution in [3.8, 4) is 5.75 Å². The number of carbonyl (C=O) groups is 1. The predicted molar refractivity (Wildman–Crippen MR) is 170 cm³/mol. The van der Waals surface area contributed by atoms with Gasteiger partial charge in [0.15, 0.2) is 5.82 Å². The molecule has 42 heavy (non-hydrogen) atoms. The molecule has 3 aromatic carbocycles. The van der Waals surface area contributed by atoms with Crippen molar-refractivity contribution in [3.05, 3.63) is 94.6 Å². The maximum atomic E-state index is 14.1. The first-order chi connectivity index (χ1) is 20.5. The third kappa shape index (κ3) is 6.73. The number of benzene rings is 3. The Balaban J connectivity index is 1.41. The van der Waals surface area contributed by atoms with Crippen LogP contribution in [0.2, 0.25) is 0 Å². The first-order valence-corrected chi connectivity index (χ1v) is 14.9. The van der Waals surface area contributed by atoms with Gasteiger partial charge in [0, 0.05) is 35.1 Å².